The molecule has 132 valence electrons. The van der Waals surface area contributed by atoms with Gasteiger partial charge in [-0.15, -0.1) is 0 Å². The first-order valence-electron chi connectivity index (χ1n) is 8.59. The third kappa shape index (κ3) is 4.28. The fourth-order valence-electron chi connectivity index (χ4n) is 3.53. The second-order valence-corrected chi connectivity index (χ2v) is 7.14. The smallest absolute Gasteiger partial charge is 0.317 e. The van der Waals surface area contributed by atoms with Gasteiger partial charge in [-0.25, -0.2) is 9.97 Å². The van der Waals surface area contributed by atoms with Gasteiger partial charge in [-0.3, -0.25) is 14.6 Å². The second-order valence-electron chi connectivity index (χ2n) is 7.14. The zero-order chi connectivity index (χ0) is 17.1. The molecule has 7 nitrogen and oxygen atoms in total. The van der Waals surface area contributed by atoms with Gasteiger partial charge >= 0.3 is 5.97 Å². The van der Waals surface area contributed by atoms with Crippen LogP contribution < -0.4 is 0 Å². The van der Waals surface area contributed by atoms with E-state index in [-0.39, 0.29) is 12.6 Å². The van der Waals surface area contributed by atoms with Crippen LogP contribution in [0, 0.1) is 5.92 Å². The van der Waals surface area contributed by atoms with E-state index in [2.05, 4.69) is 28.7 Å². The van der Waals surface area contributed by atoms with Crippen LogP contribution in [0.1, 0.15) is 31.3 Å². The molecule has 2 aliphatic heterocycles. The molecule has 3 heterocycles. The molecule has 0 radical (unpaired) electrons. The highest BCUT2D eigenvalue weighted by Crippen LogP contribution is 2.21. The van der Waals surface area contributed by atoms with E-state index in [1.54, 1.807) is 0 Å². The number of nitrogens with zero attached hydrogens (tertiary/aromatic N) is 4. The number of carboxylic acids is 1. The summed E-state index contributed by atoms with van der Waals surface area (Å²) in [6, 6.07) is 2.17. The largest absolute Gasteiger partial charge is 0.480 e. The predicted molar refractivity (Wildman–Crippen MR) is 88.7 cm³/mol. The molecule has 1 aromatic rings. The van der Waals surface area contributed by atoms with Gasteiger partial charge in [-0.2, -0.15) is 0 Å². The number of rotatable bonds is 5. The molecule has 7 heteroatoms. The van der Waals surface area contributed by atoms with E-state index in [0.29, 0.717) is 25.0 Å². The minimum Gasteiger partial charge on any atom is -0.480 e. The van der Waals surface area contributed by atoms with Crippen molar-refractivity contribution in [3.8, 4) is 0 Å². The Hall–Kier alpha value is -1.57. The van der Waals surface area contributed by atoms with Crippen molar-refractivity contribution in [1.29, 1.82) is 0 Å². The Morgan fingerprint density at radius 1 is 1.38 bits per heavy atom. The van der Waals surface area contributed by atoms with Crippen LogP contribution in [0.4, 0.5) is 0 Å². The Kier molecular flexibility index (Phi) is 5.43. The van der Waals surface area contributed by atoms with Gasteiger partial charge in [0, 0.05) is 50.3 Å². The number of ether oxygens (including phenoxy) is 1. The van der Waals surface area contributed by atoms with Crippen LogP contribution in [0.15, 0.2) is 12.3 Å². The molecule has 0 saturated carbocycles. The molecule has 0 unspecified atom stereocenters. The molecule has 2 saturated heterocycles. The van der Waals surface area contributed by atoms with Crippen molar-refractivity contribution in [1.82, 2.24) is 19.8 Å². The lowest BCUT2D eigenvalue weighted by Gasteiger charge is -2.30. The Labute approximate surface area is 142 Å². The normalized spacial score (nSPS) is 25.6. The van der Waals surface area contributed by atoms with Crippen LogP contribution in [-0.4, -0.2) is 76.3 Å². The first-order chi connectivity index (χ1) is 11.5. The minimum absolute atomic E-state index is 0.103. The van der Waals surface area contributed by atoms with Crippen LogP contribution in [0.3, 0.4) is 0 Å². The predicted octanol–water partition coefficient (Wildman–Crippen LogP) is 0.817. The third-order valence-electron chi connectivity index (χ3n) is 4.63. The Morgan fingerprint density at radius 3 is 2.96 bits per heavy atom. The second kappa shape index (κ2) is 7.55. The first-order valence-corrected chi connectivity index (χ1v) is 8.59. The highest BCUT2D eigenvalue weighted by atomic mass is 16.5. The van der Waals surface area contributed by atoms with Crippen LogP contribution >= 0.6 is 0 Å². The molecule has 2 atom stereocenters. The number of hydrogen-bond donors (Lipinski definition) is 1. The molecule has 1 N–H and O–H groups in total. The molecule has 2 bridgehead atoms. The lowest BCUT2D eigenvalue weighted by atomic mass is 10.1. The average molecular weight is 334 g/mol. The zero-order valence-electron chi connectivity index (χ0n) is 14.4. The van der Waals surface area contributed by atoms with Crippen molar-refractivity contribution in [3.05, 3.63) is 23.8 Å². The van der Waals surface area contributed by atoms with Gasteiger partial charge in [0.15, 0.2) is 0 Å². The maximum atomic E-state index is 11.1. The SMILES string of the molecule is CC(C)c1nccc(CN2C[C@H]3COC[C@@H]2CN(CC(=O)O)C3)n1. The maximum absolute atomic E-state index is 11.1. The van der Waals surface area contributed by atoms with Crippen LogP contribution in [-0.2, 0) is 16.1 Å². The van der Waals surface area contributed by atoms with Crippen molar-refractivity contribution in [2.75, 3.05) is 39.4 Å². The van der Waals surface area contributed by atoms with Gasteiger partial charge in [-0.1, -0.05) is 13.8 Å². The van der Waals surface area contributed by atoms with E-state index in [0.717, 1.165) is 37.7 Å². The highest BCUT2D eigenvalue weighted by Gasteiger charge is 2.34. The summed E-state index contributed by atoms with van der Waals surface area (Å²) in [5, 5.41) is 9.10. The molecule has 1 aromatic heterocycles. The fraction of sp³-hybridized carbons (Fsp3) is 0.706. The van der Waals surface area contributed by atoms with Crippen molar-refractivity contribution in [2.45, 2.75) is 32.4 Å². The molecule has 3 rings (SSSR count). The Morgan fingerprint density at radius 2 is 2.21 bits per heavy atom. The summed E-state index contributed by atoms with van der Waals surface area (Å²) in [4.78, 5) is 24.5. The summed E-state index contributed by atoms with van der Waals surface area (Å²) >= 11 is 0. The van der Waals surface area contributed by atoms with Crippen LogP contribution in [0.25, 0.3) is 0 Å². The first kappa shape index (κ1) is 17.3. The molecule has 0 amide bonds. The average Bonchev–Trinajstić information content (AvgIpc) is 2.77. The summed E-state index contributed by atoms with van der Waals surface area (Å²) in [6.45, 7) is 8.82. The lowest BCUT2D eigenvalue weighted by molar-refractivity contribution is -0.138. The number of aromatic nitrogens is 2. The standard InChI is InChI=1S/C17H26N4O3/c1-12(2)17-18-4-3-14(19-17)7-21-6-13-5-20(9-16(22)23)8-15(21)11-24-10-13/h3-4,12-13,15H,5-11H2,1-2H3,(H,22,23)/t13-,15-/m0/s1. The number of hydrogen-bond acceptors (Lipinski definition) is 6. The van der Waals surface area contributed by atoms with Crippen molar-refractivity contribution in [3.63, 3.8) is 0 Å². The highest BCUT2D eigenvalue weighted by molar-refractivity contribution is 5.69. The summed E-state index contributed by atoms with van der Waals surface area (Å²) in [6.07, 6.45) is 1.83. The van der Waals surface area contributed by atoms with E-state index in [9.17, 15) is 4.79 Å². The molecule has 2 aliphatic rings. The van der Waals surface area contributed by atoms with Crippen molar-refractivity contribution >= 4 is 5.97 Å². The molecule has 0 spiro atoms. The zero-order valence-corrected chi connectivity index (χ0v) is 14.4. The van der Waals surface area contributed by atoms with E-state index in [1.807, 2.05) is 17.2 Å². The number of aliphatic carboxylic acids is 1. The topological polar surface area (TPSA) is 78.8 Å². The lowest BCUT2D eigenvalue weighted by Crippen LogP contribution is -2.45. The summed E-state index contributed by atoms with van der Waals surface area (Å²) < 4.78 is 5.80. The van der Waals surface area contributed by atoms with E-state index >= 15 is 0 Å². The quantitative estimate of drug-likeness (QED) is 0.854. The van der Waals surface area contributed by atoms with Crippen LogP contribution in [0.2, 0.25) is 0 Å². The molecular weight excluding hydrogens is 308 g/mol. The molecule has 24 heavy (non-hydrogen) atoms. The Balaban J connectivity index is 1.73. The van der Waals surface area contributed by atoms with Crippen molar-refractivity contribution < 1.29 is 14.6 Å². The minimum atomic E-state index is -0.764. The van der Waals surface area contributed by atoms with E-state index < -0.39 is 5.97 Å². The van der Waals surface area contributed by atoms with E-state index in [1.165, 1.54) is 0 Å². The van der Waals surface area contributed by atoms with Gasteiger partial charge in [0.25, 0.3) is 0 Å². The van der Waals surface area contributed by atoms with Crippen LogP contribution in [0.5, 0.6) is 0 Å². The molecule has 0 aliphatic carbocycles. The van der Waals surface area contributed by atoms with Gasteiger partial charge in [0.05, 0.1) is 25.5 Å². The number of fused-ring (bicyclic) bond motifs is 3. The summed E-state index contributed by atoms with van der Waals surface area (Å²) in [5.41, 5.74) is 1.02. The van der Waals surface area contributed by atoms with Crippen molar-refractivity contribution in [2.24, 2.45) is 5.92 Å². The fourth-order valence-corrected chi connectivity index (χ4v) is 3.53. The van der Waals surface area contributed by atoms with Gasteiger partial charge in [0.2, 0.25) is 0 Å². The Bertz CT molecular complexity index is 581. The number of carboxylic acid groups (broad SMARTS) is 1. The maximum Gasteiger partial charge on any atom is 0.317 e. The molecule has 0 aromatic carbocycles. The summed E-state index contributed by atoms with van der Waals surface area (Å²) in [5.74, 6) is 0.750. The summed E-state index contributed by atoms with van der Waals surface area (Å²) in [7, 11) is 0. The molecule has 2 fully saturated rings. The van der Waals surface area contributed by atoms with Gasteiger partial charge < -0.3 is 9.84 Å². The molecular formula is C17H26N4O3. The van der Waals surface area contributed by atoms with E-state index in [4.69, 9.17) is 9.84 Å². The monoisotopic (exact) mass is 334 g/mol. The number of carbonyl (C=O) groups is 1. The van der Waals surface area contributed by atoms with Gasteiger partial charge in [0.1, 0.15) is 5.82 Å². The van der Waals surface area contributed by atoms with Gasteiger partial charge in [-0.05, 0) is 6.07 Å². The third-order valence-corrected chi connectivity index (χ3v) is 4.63.